The van der Waals surface area contributed by atoms with Gasteiger partial charge in [-0.05, 0) is 109 Å². The number of hydrogen-bond acceptors (Lipinski definition) is 2. The number of carbonyl (C=O) groups is 1. The average molecular weight is 469 g/mol. The van der Waals surface area contributed by atoms with Crippen molar-refractivity contribution in [3.63, 3.8) is 0 Å². The molecule has 0 amide bonds. The zero-order valence-corrected chi connectivity index (χ0v) is 23.8. The molecule has 5 aliphatic rings. The van der Waals surface area contributed by atoms with Crippen LogP contribution in [-0.2, 0) is 9.53 Å². The monoisotopic (exact) mass is 468 g/mol. The summed E-state index contributed by atoms with van der Waals surface area (Å²) in [5.41, 5.74) is 3.85. The fourth-order valence-electron chi connectivity index (χ4n) is 11.0. The molecular weight excluding hydrogens is 416 g/mol. The maximum absolute atomic E-state index is 11.9. The first-order valence-electron chi connectivity index (χ1n) is 14.5. The average Bonchev–Trinajstić information content (AvgIpc) is 2.72. The molecule has 34 heavy (non-hydrogen) atoms. The lowest BCUT2D eigenvalue weighted by Gasteiger charge is -2.72. The molecule has 4 fully saturated rings. The van der Waals surface area contributed by atoms with Gasteiger partial charge in [-0.3, -0.25) is 4.79 Å². The van der Waals surface area contributed by atoms with Crippen LogP contribution in [0.5, 0.6) is 0 Å². The number of hydrogen-bond donors (Lipinski definition) is 0. The van der Waals surface area contributed by atoms with E-state index in [1.807, 2.05) is 5.57 Å². The van der Waals surface area contributed by atoms with E-state index in [1.165, 1.54) is 57.8 Å². The number of allylic oxidation sites excluding steroid dienone is 2. The van der Waals surface area contributed by atoms with Crippen LogP contribution in [0, 0.1) is 50.2 Å². The number of esters is 1. The van der Waals surface area contributed by atoms with E-state index < -0.39 is 0 Å². The van der Waals surface area contributed by atoms with Gasteiger partial charge in [0, 0.05) is 12.3 Å². The topological polar surface area (TPSA) is 26.3 Å². The molecule has 0 bridgehead atoms. The largest absolute Gasteiger partial charge is 0.462 e. The van der Waals surface area contributed by atoms with E-state index >= 15 is 0 Å². The molecule has 5 rings (SSSR count). The maximum atomic E-state index is 11.9. The molecule has 0 aromatic carbocycles. The van der Waals surface area contributed by atoms with Crippen molar-refractivity contribution in [2.75, 3.05) is 0 Å². The Labute approximate surface area is 210 Å². The number of ether oxygens (including phenoxy) is 1. The first-order valence-corrected chi connectivity index (χ1v) is 14.5. The van der Waals surface area contributed by atoms with Gasteiger partial charge < -0.3 is 4.74 Å². The first-order chi connectivity index (χ1) is 15.6. The molecule has 0 aromatic heterocycles. The molecule has 0 aromatic rings. The summed E-state index contributed by atoms with van der Waals surface area (Å²) in [6.45, 7) is 22.0. The lowest BCUT2D eigenvalue weighted by atomic mass is 9.32. The van der Waals surface area contributed by atoms with Crippen LogP contribution in [0.3, 0.4) is 0 Å². The van der Waals surface area contributed by atoms with Crippen molar-refractivity contribution in [3.05, 3.63) is 11.6 Å². The summed E-state index contributed by atoms with van der Waals surface area (Å²) in [6.07, 6.45) is 16.0. The third-order valence-corrected chi connectivity index (χ3v) is 13.2. The van der Waals surface area contributed by atoms with E-state index in [-0.39, 0.29) is 17.5 Å². The molecule has 0 aliphatic heterocycles. The summed E-state index contributed by atoms with van der Waals surface area (Å²) < 4.78 is 5.91. The minimum absolute atomic E-state index is 0.0544. The zero-order chi connectivity index (χ0) is 24.9. The van der Waals surface area contributed by atoms with Gasteiger partial charge >= 0.3 is 5.97 Å². The molecule has 8 atom stereocenters. The van der Waals surface area contributed by atoms with Crippen molar-refractivity contribution in [2.24, 2.45) is 50.2 Å². The Balaban J connectivity index is 1.51. The predicted octanol–water partition coefficient (Wildman–Crippen LogP) is 8.74. The Kier molecular flexibility index (Phi) is 5.40. The minimum Gasteiger partial charge on any atom is -0.462 e. The van der Waals surface area contributed by atoms with Crippen LogP contribution in [0.2, 0.25) is 0 Å². The molecule has 0 spiro atoms. The van der Waals surface area contributed by atoms with Gasteiger partial charge in [-0.1, -0.05) is 67.0 Å². The first kappa shape index (κ1) is 24.9. The van der Waals surface area contributed by atoms with Crippen LogP contribution >= 0.6 is 0 Å². The fraction of sp³-hybridized carbons (Fsp3) is 0.906. The normalized spacial score (nSPS) is 51.1. The Bertz CT molecular complexity index is 897. The standard InChI is InChI=1S/C32H52O2/c1-21(33)34-26-13-14-30(7)24(28(26,4)5)12-15-32(9)25(30)11-10-22-23-20-27(2,3)16-17-29(23,6)18-19-31(22,32)8/h20,22,24-26H,10-19H2,1-9H3/t22-,24-,25+,26+,29-,30+,31+,32-/m1/s1. The predicted molar refractivity (Wildman–Crippen MR) is 140 cm³/mol. The molecule has 0 unspecified atom stereocenters. The number of carbonyl (C=O) groups excluding carboxylic acids is 1. The van der Waals surface area contributed by atoms with E-state index in [1.54, 1.807) is 6.92 Å². The molecule has 192 valence electrons. The van der Waals surface area contributed by atoms with Gasteiger partial charge in [-0.25, -0.2) is 0 Å². The Morgan fingerprint density at radius 2 is 1.44 bits per heavy atom. The highest BCUT2D eigenvalue weighted by Crippen LogP contribution is 2.76. The third-order valence-electron chi connectivity index (χ3n) is 13.2. The molecule has 5 aliphatic carbocycles. The minimum atomic E-state index is -0.107. The van der Waals surface area contributed by atoms with E-state index in [0.717, 1.165) is 18.3 Å². The van der Waals surface area contributed by atoms with Crippen LogP contribution in [-0.4, -0.2) is 12.1 Å². The zero-order valence-electron chi connectivity index (χ0n) is 23.8. The molecule has 2 nitrogen and oxygen atoms in total. The maximum Gasteiger partial charge on any atom is 0.302 e. The summed E-state index contributed by atoms with van der Waals surface area (Å²) in [5, 5.41) is 0. The van der Waals surface area contributed by atoms with Crippen LogP contribution in [0.25, 0.3) is 0 Å². The van der Waals surface area contributed by atoms with Crippen molar-refractivity contribution >= 4 is 5.97 Å². The van der Waals surface area contributed by atoms with E-state index in [9.17, 15) is 4.79 Å². The van der Waals surface area contributed by atoms with Gasteiger partial charge in [0.25, 0.3) is 0 Å². The second-order valence-corrected chi connectivity index (χ2v) is 15.7. The van der Waals surface area contributed by atoms with E-state index in [0.29, 0.717) is 33.0 Å². The Hall–Kier alpha value is -0.790. The molecular formula is C32H52O2. The van der Waals surface area contributed by atoms with Crippen molar-refractivity contribution in [1.82, 2.24) is 0 Å². The third kappa shape index (κ3) is 3.21. The second-order valence-electron chi connectivity index (χ2n) is 15.7. The highest BCUT2D eigenvalue weighted by atomic mass is 16.5. The summed E-state index contributed by atoms with van der Waals surface area (Å²) in [7, 11) is 0. The van der Waals surface area contributed by atoms with Crippen LogP contribution in [0.15, 0.2) is 11.6 Å². The van der Waals surface area contributed by atoms with Gasteiger partial charge in [-0.15, -0.1) is 0 Å². The van der Waals surface area contributed by atoms with Crippen LogP contribution < -0.4 is 0 Å². The fourth-order valence-corrected chi connectivity index (χ4v) is 11.0. The Morgan fingerprint density at radius 3 is 2.12 bits per heavy atom. The smallest absolute Gasteiger partial charge is 0.302 e. The molecule has 0 saturated heterocycles. The lowest BCUT2D eigenvalue weighted by Crippen LogP contribution is -2.66. The van der Waals surface area contributed by atoms with Crippen molar-refractivity contribution < 1.29 is 9.53 Å². The summed E-state index contributed by atoms with van der Waals surface area (Å²) in [6, 6.07) is 0. The van der Waals surface area contributed by atoms with E-state index in [4.69, 9.17) is 4.74 Å². The molecule has 0 heterocycles. The van der Waals surface area contributed by atoms with Gasteiger partial charge in [0.1, 0.15) is 6.10 Å². The highest BCUT2D eigenvalue weighted by molar-refractivity contribution is 5.66. The molecule has 2 heteroatoms. The van der Waals surface area contributed by atoms with Crippen molar-refractivity contribution in [3.8, 4) is 0 Å². The van der Waals surface area contributed by atoms with Crippen molar-refractivity contribution in [1.29, 1.82) is 0 Å². The number of rotatable bonds is 1. The van der Waals surface area contributed by atoms with Gasteiger partial charge in [0.2, 0.25) is 0 Å². The molecule has 0 radical (unpaired) electrons. The molecule has 4 saturated carbocycles. The number of fused-ring (bicyclic) bond motifs is 7. The van der Waals surface area contributed by atoms with Gasteiger partial charge in [0.05, 0.1) is 0 Å². The van der Waals surface area contributed by atoms with Crippen LogP contribution in [0.1, 0.15) is 127 Å². The quantitative estimate of drug-likeness (QED) is 0.284. The second kappa shape index (κ2) is 7.38. The van der Waals surface area contributed by atoms with Gasteiger partial charge in [0.15, 0.2) is 0 Å². The summed E-state index contributed by atoms with van der Waals surface area (Å²) in [4.78, 5) is 11.9. The SMILES string of the molecule is CC(=O)O[C@H]1CC[C@@]2(C)[C@H](CC[C@]3(C)[C@H]2CC[C@@H]2C4=CC(C)(C)CC[C@]4(C)CC[C@@]23C)C1(C)C. The Morgan fingerprint density at radius 1 is 0.765 bits per heavy atom. The summed E-state index contributed by atoms with van der Waals surface area (Å²) in [5.74, 6) is 2.07. The van der Waals surface area contributed by atoms with Gasteiger partial charge in [-0.2, -0.15) is 0 Å². The molecule has 0 N–H and O–H groups in total. The van der Waals surface area contributed by atoms with E-state index in [2.05, 4.69) is 61.5 Å². The lowest BCUT2D eigenvalue weighted by molar-refractivity contribution is -0.233. The van der Waals surface area contributed by atoms with Crippen molar-refractivity contribution in [2.45, 2.75) is 133 Å². The van der Waals surface area contributed by atoms with Crippen LogP contribution in [0.4, 0.5) is 0 Å². The highest BCUT2D eigenvalue weighted by Gasteiger charge is 2.69. The summed E-state index contributed by atoms with van der Waals surface area (Å²) >= 11 is 0.